The Labute approximate surface area is 83.3 Å². The van der Waals surface area contributed by atoms with E-state index < -0.39 is 0 Å². The van der Waals surface area contributed by atoms with Crippen molar-refractivity contribution in [3.63, 3.8) is 0 Å². The normalized spacial score (nSPS) is 20.5. The molecule has 1 aromatic carbocycles. The minimum absolute atomic E-state index is 0.201. The molecular weight excluding hydrogens is 178 g/mol. The van der Waals surface area contributed by atoms with Gasteiger partial charge in [0.05, 0.1) is 12.5 Å². The molecule has 3 heteroatoms. The highest BCUT2D eigenvalue weighted by molar-refractivity contribution is 5.82. The average Bonchev–Trinajstić information content (AvgIpc) is 2.25. The SMILES string of the molecule is CN1C(=O)CC1COc1ccccc1. The van der Waals surface area contributed by atoms with E-state index in [1.165, 1.54) is 0 Å². The van der Waals surface area contributed by atoms with Crippen LogP contribution in [-0.4, -0.2) is 30.5 Å². The Morgan fingerprint density at radius 2 is 2.14 bits per heavy atom. The van der Waals surface area contributed by atoms with Gasteiger partial charge in [-0.2, -0.15) is 0 Å². The molecule has 1 aliphatic heterocycles. The van der Waals surface area contributed by atoms with Gasteiger partial charge in [0, 0.05) is 7.05 Å². The molecule has 3 nitrogen and oxygen atoms in total. The van der Waals surface area contributed by atoms with Gasteiger partial charge >= 0.3 is 0 Å². The summed E-state index contributed by atoms with van der Waals surface area (Å²) in [6, 6.07) is 9.91. The molecule has 1 saturated heterocycles. The highest BCUT2D eigenvalue weighted by Crippen LogP contribution is 2.18. The smallest absolute Gasteiger partial charge is 0.224 e. The van der Waals surface area contributed by atoms with Crippen LogP contribution in [-0.2, 0) is 4.79 Å². The molecule has 1 fully saturated rings. The van der Waals surface area contributed by atoms with Gasteiger partial charge in [-0.25, -0.2) is 0 Å². The maximum absolute atomic E-state index is 10.9. The van der Waals surface area contributed by atoms with Crippen molar-refractivity contribution in [3.8, 4) is 5.75 Å². The molecule has 0 spiro atoms. The molecule has 0 saturated carbocycles. The van der Waals surface area contributed by atoms with Gasteiger partial charge in [0.2, 0.25) is 5.91 Å². The molecule has 14 heavy (non-hydrogen) atoms. The topological polar surface area (TPSA) is 29.5 Å². The summed E-state index contributed by atoms with van der Waals surface area (Å²) in [5, 5.41) is 0. The molecule has 1 aromatic rings. The molecule has 2 rings (SSSR count). The Hall–Kier alpha value is -1.51. The first-order chi connectivity index (χ1) is 6.77. The number of ether oxygens (including phenoxy) is 1. The van der Waals surface area contributed by atoms with Crippen molar-refractivity contribution in [1.29, 1.82) is 0 Å². The molecule has 1 unspecified atom stereocenters. The molecule has 0 radical (unpaired) electrons. The summed E-state index contributed by atoms with van der Waals surface area (Å²) >= 11 is 0. The Morgan fingerprint density at radius 3 is 2.71 bits per heavy atom. The summed E-state index contributed by atoms with van der Waals surface area (Å²) in [5.41, 5.74) is 0. The van der Waals surface area contributed by atoms with Crippen LogP contribution < -0.4 is 4.74 Å². The van der Waals surface area contributed by atoms with Gasteiger partial charge < -0.3 is 9.64 Å². The molecule has 1 heterocycles. The predicted octanol–water partition coefficient (Wildman–Crippen LogP) is 1.30. The Kier molecular flexibility index (Phi) is 2.39. The van der Waals surface area contributed by atoms with Crippen LogP contribution >= 0.6 is 0 Å². The third-order valence-electron chi connectivity index (χ3n) is 2.54. The van der Waals surface area contributed by atoms with Crippen molar-refractivity contribution >= 4 is 5.91 Å². The minimum Gasteiger partial charge on any atom is -0.491 e. The summed E-state index contributed by atoms with van der Waals surface area (Å²) in [4.78, 5) is 12.6. The number of nitrogens with zero attached hydrogens (tertiary/aromatic N) is 1. The van der Waals surface area contributed by atoms with Gasteiger partial charge in [0.1, 0.15) is 12.4 Å². The fourth-order valence-corrected chi connectivity index (χ4v) is 1.45. The largest absolute Gasteiger partial charge is 0.491 e. The van der Waals surface area contributed by atoms with Crippen LogP contribution in [0.5, 0.6) is 5.75 Å². The van der Waals surface area contributed by atoms with E-state index in [-0.39, 0.29) is 11.9 Å². The van der Waals surface area contributed by atoms with Crippen LogP contribution in [0.2, 0.25) is 0 Å². The summed E-state index contributed by atoms with van der Waals surface area (Å²) in [6.07, 6.45) is 0.614. The zero-order valence-corrected chi connectivity index (χ0v) is 8.14. The van der Waals surface area contributed by atoms with Crippen molar-refractivity contribution in [2.45, 2.75) is 12.5 Å². The van der Waals surface area contributed by atoms with E-state index >= 15 is 0 Å². The molecule has 1 aliphatic rings. The third kappa shape index (κ3) is 1.71. The van der Waals surface area contributed by atoms with Crippen LogP contribution in [0.3, 0.4) is 0 Å². The molecule has 0 aliphatic carbocycles. The lowest BCUT2D eigenvalue weighted by Crippen LogP contribution is -2.52. The molecule has 74 valence electrons. The maximum Gasteiger partial charge on any atom is 0.224 e. The van der Waals surface area contributed by atoms with E-state index in [9.17, 15) is 4.79 Å². The van der Waals surface area contributed by atoms with Gasteiger partial charge in [-0.1, -0.05) is 18.2 Å². The summed E-state index contributed by atoms with van der Waals surface area (Å²) < 4.78 is 5.53. The summed E-state index contributed by atoms with van der Waals surface area (Å²) in [7, 11) is 1.81. The number of likely N-dealkylation sites (tertiary alicyclic amines) is 1. The second-order valence-electron chi connectivity index (χ2n) is 3.49. The molecule has 0 N–H and O–H groups in total. The number of hydrogen-bond donors (Lipinski definition) is 0. The number of amides is 1. The first kappa shape index (κ1) is 9.06. The van der Waals surface area contributed by atoms with E-state index in [2.05, 4.69) is 0 Å². The van der Waals surface area contributed by atoms with Gasteiger partial charge in [0.15, 0.2) is 0 Å². The van der Waals surface area contributed by atoms with Crippen LogP contribution in [0.1, 0.15) is 6.42 Å². The van der Waals surface area contributed by atoms with Crippen molar-refractivity contribution in [1.82, 2.24) is 4.90 Å². The Morgan fingerprint density at radius 1 is 1.43 bits per heavy atom. The molecule has 0 aromatic heterocycles. The first-order valence-corrected chi connectivity index (χ1v) is 4.71. The van der Waals surface area contributed by atoms with E-state index in [1.807, 2.05) is 37.4 Å². The van der Waals surface area contributed by atoms with Crippen molar-refractivity contribution < 1.29 is 9.53 Å². The number of rotatable bonds is 3. The van der Waals surface area contributed by atoms with Crippen molar-refractivity contribution in [3.05, 3.63) is 30.3 Å². The third-order valence-corrected chi connectivity index (χ3v) is 2.54. The van der Waals surface area contributed by atoms with Crippen molar-refractivity contribution in [2.75, 3.05) is 13.7 Å². The van der Waals surface area contributed by atoms with Crippen LogP contribution in [0.25, 0.3) is 0 Å². The standard InChI is InChI=1S/C11H13NO2/c1-12-9(7-11(12)13)8-14-10-5-3-2-4-6-10/h2-6,9H,7-8H2,1H3. The van der Waals surface area contributed by atoms with Crippen LogP contribution in [0, 0.1) is 0 Å². The molecule has 0 bridgehead atoms. The fraction of sp³-hybridized carbons (Fsp3) is 0.364. The number of hydrogen-bond acceptors (Lipinski definition) is 2. The first-order valence-electron chi connectivity index (χ1n) is 4.71. The Bertz CT molecular complexity index is 323. The number of para-hydroxylation sites is 1. The predicted molar refractivity (Wildman–Crippen MR) is 53.1 cm³/mol. The monoisotopic (exact) mass is 191 g/mol. The lowest BCUT2D eigenvalue weighted by molar-refractivity contribution is -0.144. The number of likely N-dealkylation sites (N-methyl/N-ethyl adjacent to an activating group) is 1. The lowest BCUT2D eigenvalue weighted by atomic mass is 10.1. The second-order valence-corrected chi connectivity index (χ2v) is 3.49. The molecule has 1 amide bonds. The van der Waals surface area contributed by atoms with Crippen molar-refractivity contribution in [2.24, 2.45) is 0 Å². The van der Waals surface area contributed by atoms with Gasteiger partial charge in [-0.15, -0.1) is 0 Å². The number of carbonyl (C=O) groups excluding carboxylic acids is 1. The second kappa shape index (κ2) is 3.70. The van der Waals surface area contributed by atoms with Crippen LogP contribution in [0.15, 0.2) is 30.3 Å². The van der Waals surface area contributed by atoms with E-state index in [1.54, 1.807) is 4.90 Å². The summed E-state index contributed by atoms with van der Waals surface area (Å²) in [6.45, 7) is 0.590. The quantitative estimate of drug-likeness (QED) is 0.674. The van der Waals surface area contributed by atoms with E-state index in [0.29, 0.717) is 13.0 Å². The van der Waals surface area contributed by atoms with Gasteiger partial charge in [0.25, 0.3) is 0 Å². The van der Waals surface area contributed by atoms with Gasteiger partial charge in [-0.3, -0.25) is 4.79 Å². The Balaban J connectivity index is 1.81. The molecular formula is C11H13NO2. The summed E-state index contributed by atoms with van der Waals surface area (Å²) in [5.74, 6) is 1.06. The average molecular weight is 191 g/mol. The zero-order chi connectivity index (χ0) is 9.97. The fourth-order valence-electron chi connectivity index (χ4n) is 1.45. The minimum atomic E-state index is 0.201. The highest BCUT2D eigenvalue weighted by Gasteiger charge is 2.32. The van der Waals surface area contributed by atoms with E-state index in [4.69, 9.17) is 4.74 Å². The zero-order valence-electron chi connectivity index (χ0n) is 8.14. The number of benzene rings is 1. The van der Waals surface area contributed by atoms with Gasteiger partial charge in [-0.05, 0) is 12.1 Å². The van der Waals surface area contributed by atoms with E-state index in [0.717, 1.165) is 5.75 Å². The number of β-lactam (4-membered cyclic amide) rings is 1. The van der Waals surface area contributed by atoms with Crippen LogP contribution in [0.4, 0.5) is 0 Å². The maximum atomic E-state index is 10.9. The highest BCUT2D eigenvalue weighted by atomic mass is 16.5. The number of carbonyl (C=O) groups is 1. The molecule has 1 atom stereocenters. The lowest BCUT2D eigenvalue weighted by Gasteiger charge is -2.36.